The SMILES string of the molecule is O=S(=O)(Nc1cccc(Cn2ncc3c(-c4ccco4)nc(NS(=O)(=O)c4cccs4)nc32)c1)c1cccs1. The molecule has 5 heterocycles. The fraction of sp³-hybridized carbons (Fsp3) is 0.0417. The number of nitrogens with one attached hydrogen (secondary N) is 2. The first-order valence-corrected chi connectivity index (χ1v) is 16.0. The van der Waals surface area contributed by atoms with E-state index in [4.69, 9.17) is 4.42 Å². The summed E-state index contributed by atoms with van der Waals surface area (Å²) in [6.07, 6.45) is 3.07. The van der Waals surface area contributed by atoms with Crippen molar-refractivity contribution in [2.75, 3.05) is 9.44 Å². The standard InChI is InChI=1S/C24H18N6O5S4/c31-38(32,20-8-3-11-36-20)28-17-6-1-5-16(13-17)15-30-23-18(14-25-30)22(19-7-2-10-35-19)26-24(27-23)29-39(33,34)21-9-4-12-37-21/h1-14,28H,15H2,(H,26,27,29). The second-order valence-corrected chi connectivity index (χ2v) is 13.9. The molecular weight excluding hydrogens is 581 g/mol. The average Bonchev–Trinajstić information content (AvgIpc) is 3.72. The van der Waals surface area contributed by atoms with Crippen molar-refractivity contribution in [2.24, 2.45) is 0 Å². The van der Waals surface area contributed by atoms with Gasteiger partial charge in [-0.2, -0.15) is 10.1 Å². The molecule has 0 saturated carbocycles. The molecule has 0 radical (unpaired) electrons. The Bertz CT molecular complexity index is 1970. The zero-order valence-electron chi connectivity index (χ0n) is 19.8. The molecule has 0 aliphatic carbocycles. The summed E-state index contributed by atoms with van der Waals surface area (Å²) in [5.74, 6) is 0.282. The van der Waals surface area contributed by atoms with Gasteiger partial charge in [0.2, 0.25) is 5.95 Å². The number of aromatic nitrogens is 4. The van der Waals surface area contributed by atoms with E-state index in [9.17, 15) is 16.8 Å². The van der Waals surface area contributed by atoms with Crippen molar-refractivity contribution in [2.45, 2.75) is 15.0 Å². The average molecular weight is 599 g/mol. The van der Waals surface area contributed by atoms with Crippen LogP contribution in [0.25, 0.3) is 22.5 Å². The second kappa shape index (κ2) is 9.92. The number of rotatable bonds is 9. The van der Waals surface area contributed by atoms with E-state index in [-0.39, 0.29) is 20.9 Å². The Morgan fingerprint density at radius 1 is 0.846 bits per heavy atom. The Morgan fingerprint density at radius 3 is 2.26 bits per heavy atom. The van der Waals surface area contributed by atoms with Gasteiger partial charge in [0.25, 0.3) is 20.0 Å². The monoisotopic (exact) mass is 598 g/mol. The Morgan fingerprint density at radius 2 is 1.59 bits per heavy atom. The van der Waals surface area contributed by atoms with Gasteiger partial charge < -0.3 is 4.42 Å². The van der Waals surface area contributed by atoms with Gasteiger partial charge in [-0.05, 0) is 52.7 Å². The minimum Gasteiger partial charge on any atom is -0.463 e. The Kier molecular flexibility index (Phi) is 6.42. The molecule has 0 aliphatic heterocycles. The Balaban J connectivity index is 1.36. The van der Waals surface area contributed by atoms with E-state index in [1.165, 1.54) is 18.4 Å². The predicted octanol–water partition coefficient (Wildman–Crippen LogP) is 4.86. The van der Waals surface area contributed by atoms with E-state index in [1.54, 1.807) is 64.1 Å². The van der Waals surface area contributed by atoms with Gasteiger partial charge in [-0.25, -0.2) is 31.2 Å². The lowest BCUT2D eigenvalue weighted by molar-refractivity contribution is 0.580. The highest BCUT2D eigenvalue weighted by Crippen LogP contribution is 2.29. The second-order valence-electron chi connectivity index (χ2n) is 8.19. The molecule has 0 spiro atoms. The number of thiophene rings is 2. The van der Waals surface area contributed by atoms with E-state index in [1.807, 2.05) is 6.07 Å². The summed E-state index contributed by atoms with van der Waals surface area (Å²) in [5, 5.41) is 8.37. The van der Waals surface area contributed by atoms with Gasteiger partial charge in [0.15, 0.2) is 11.4 Å². The molecule has 11 nitrogen and oxygen atoms in total. The highest BCUT2D eigenvalue weighted by molar-refractivity contribution is 7.95. The molecule has 1 aromatic carbocycles. The number of sulfonamides is 2. The number of furan rings is 1. The van der Waals surface area contributed by atoms with Crippen LogP contribution in [0.15, 0.2) is 96.7 Å². The van der Waals surface area contributed by atoms with E-state index >= 15 is 0 Å². The largest absolute Gasteiger partial charge is 0.463 e. The fourth-order valence-electron chi connectivity index (χ4n) is 3.83. The maximum Gasteiger partial charge on any atom is 0.273 e. The minimum absolute atomic E-state index is 0.126. The molecule has 0 bridgehead atoms. The maximum absolute atomic E-state index is 12.9. The van der Waals surface area contributed by atoms with Crippen molar-refractivity contribution >= 4 is 65.4 Å². The number of benzene rings is 1. The van der Waals surface area contributed by atoms with Gasteiger partial charge >= 0.3 is 0 Å². The highest BCUT2D eigenvalue weighted by atomic mass is 32.3. The summed E-state index contributed by atoms with van der Waals surface area (Å²) in [4.78, 5) is 8.88. The molecule has 39 heavy (non-hydrogen) atoms. The van der Waals surface area contributed by atoms with Crippen molar-refractivity contribution in [1.29, 1.82) is 0 Å². The van der Waals surface area contributed by atoms with E-state index < -0.39 is 20.0 Å². The smallest absolute Gasteiger partial charge is 0.273 e. The predicted molar refractivity (Wildman–Crippen MR) is 149 cm³/mol. The van der Waals surface area contributed by atoms with Crippen LogP contribution in [0.5, 0.6) is 0 Å². The summed E-state index contributed by atoms with van der Waals surface area (Å²) >= 11 is 2.20. The van der Waals surface area contributed by atoms with E-state index in [0.29, 0.717) is 28.2 Å². The zero-order valence-corrected chi connectivity index (χ0v) is 23.0. The van der Waals surface area contributed by atoms with Gasteiger partial charge in [0, 0.05) is 5.69 Å². The molecule has 0 atom stereocenters. The summed E-state index contributed by atoms with van der Waals surface area (Å²) in [6.45, 7) is 0.226. The summed E-state index contributed by atoms with van der Waals surface area (Å²) in [5.41, 5.74) is 1.88. The first-order valence-electron chi connectivity index (χ1n) is 11.3. The van der Waals surface area contributed by atoms with Crippen LogP contribution in [-0.4, -0.2) is 36.6 Å². The lowest BCUT2D eigenvalue weighted by Crippen LogP contribution is -2.15. The molecule has 198 valence electrons. The highest BCUT2D eigenvalue weighted by Gasteiger charge is 2.22. The number of anilines is 2. The van der Waals surface area contributed by atoms with Gasteiger partial charge in [-0.1, -0.05) is 24.3 Å². The molecule has 15 heteroatoms. The number of hydrogen-bond acceptors (Lipinski definition) is 10. The van der Waals surface area contributed by atoms with Crippen molar-refractivity contribution in [3.63, 3.8) is 0 Å². The zero-order chi connectivity index (χ0) is 27.0. The fourth-order valence-corrected chi connectivity index (χ4v) is 7.81. The third kappa shape index (κ3) is 5.16. The van der Waals surface area contributed by atoms with Crippen molar-refractivity contribution in [3.8, 4) is 11.5 Å². The van der Waals surface area contributed by atoms with Gasteiger partial charge in [0.05, 0.1) is 24.4 Å². The summed E-state index contributed by atoms with van der Waals surface area (Å²) < 4.78 is 63.5. The molecule has 6 aromatic rings. The quantitative estimate of drug-likeness (QED) is 0.240. The van der Waals surface area contributed by atoms with Crippen LogP contribution >= 0.6 is 22.7 Å². The lowest BCUT2D eigenvalue weighted by atomic mass is 10.2. The van der Waals surface area contributed by atoms with Gasteiger partial charge in [0.1, 0.15) is 14.1 Å². The van der Waals surface area contributed by atoms with Crippen LogP contribution in [-0.2, 0) is 26.6 Å². The molecule has 0 fully saturated rings. The number of nitrogens with zero attached hydrogens (tertiary/aromatic N) is 4. The molecule has 0 amide bonds. The normalized spacial score (nSPS) is 12.1. The molecule has 0 saturated heterocycles. The maximum atomic E-state index is 12.9. The van der Waals surface area contributed by atoms with Crippen molar-refractivity contribution < 1.29 is 21.3 Å². The molecule has 2 N–H and O–H groups in total. The Labute approximate surface area is 230 Å². The molecular formula is C24H18N6O5S4. The Hall–Kier alpha value is -4.05. The van der Waals surface area contributed by atoms with Crippen LogP contribution in [0.1, 0.15) is 5.56 Å². The number of hydrogen-bond donors (Lipinski definition) is 2. The first-order chi connectivity index (χ1) is 18.8. The van der Waals surface area contributed by atoms with Crippen LogP contribution in [0.4, 0.5) is 11.6 Å². The topological polar surface area (TPSA) is 149 Å². The minimum atomic E-state index is -3.90. The lowest BCUT2D eigenvalue weighted by Gasteiger charge is -2.10. The molecule has 6 rings (SSSR count). The van der Waals surface area contributed by atoms with E-state index in [0.717, 1.165) is 28.2 Å². The third-order valence-corrected chi connectivity index (χ3v) is 11.0. The summed E-state index contributed by atoms with van der Waals surface area (Å²) in [7, 11) is -7.61. The van der Waals surface area contributed by atoms with Crippen molar-refractivity contribution in [1.82, 2.24) is 19.7 Å². The third-order valence-electron chi connectivity index (χ3n) is 5.51. The molecule has 0 aliphatic rings. The van der Waals surface area contributed by atoms with Crippen molar-refractivity contribution in [3.05, 3.63) is 89.4 Å². The molecule has 5 aromatic heterocycles. The summed E-state index contributed by atoms with van der Waals surface area (Å²) in [6, 6.07) is 16.7. The van der Waals surface area contributed by atoms with Gasteiger partial charge in [-0.15, -0.1) is 22.7 Å². The molecule has 0 unspecified atom stereocenters. The van der Waals surface area contributed by atoms with Crippen LogP contribution in [0.3, 0.4) is 0 Å². The number of fused-ring (bicyclic) bond motifs is 1. The first kappa shape index (κ1) is 25.2. The van der Waals surface area contributed by atoms with E-state index in [2.05, 4.69) is 24.5 Å². The van der Waals surface area contributed by atoms with Crippen LogP contribution in [0.2, 0.25) is 0 Å². The van der Waals surface area contributed by atoms with Gasteiger partial charge in [-0.3, -0.25) is 4.72 Å². The van der Waals surface area contributed by atoms with Crippen LogP contribution < -0.4 is 9.44 Å². The van der Waals surface area contributed by atoms with Crippen LogP contribution in [0, 0.1) is 0 Å².